The number of aryl methyl sites for hydroxylation is 2. The highest BCUT2D eigenvalue weighted by molar-refractivity contribution is 5.92. The molecule has 0 N–H and O–H groups in total. The molecular formula is C38H50O6. The Hall–Kier alpha value is -3.64. The number of benzene rings is 3. The minimum atomic E-state index is -0.611. The number of unbranched alkanes of at least 4 members (excludes halogenated alkanes) is 8. The Morgan fingerprint density at radius 1 is 0.636 bits per heavy atom. The van der Waals surface area contributed by atoms with Gasteiger partial charge in [0.25, 0.3) is 0 Å². The van der Waals surface area contributed by atoms with Gasteiger partial charge in [-0.05, 0) is 92.3 Å². The standard InChI is InChI=1S/C38H50O6/c1-6-8-10-12-13-15-25-42-36-28(3)26-33(27-29(36)4)38(40)44-35-22-18-32(19-23-35)31-16-20-34(21-17-31)43-37(39)30(5)41-24-14-11-9-7-2/h16-23,26-27,30H,6-15,24-25H2,1-5H3. The van der Waals surface area contributed by atoms with Crippen molar-refractivity contribution >= 4 is 11.9 Å². The van der Waals surface area contributed by atoms with E-state index >= 15 is 0 Å². The maximum Gasteiger partial charge on any atom is 0.343 e. The van der Waals surface area contributed by atoms with Crippen LogP contribution in [-0.4, -0.2) is 31.3 Å². The molecule has 0 aliphatic carbocycles. The van der Waals surface area contributed by atoms with Crippen LogP contribution in [0.4, 0.5) is 0 Å². The zero-order valence-corrected chi connectivity index (χ0v) is 27.3. The molecule has 0 aliphatic heterocycles. The molecule has 3 aromatic rings. The molecule has 0 amide bonds. The van der Waals surface area contributed by atoms with E-state index in [9.17, 15) is 9.59 Å². The van der Waals surface area contributed by atoms with Crippen molar-refractivity contribution in [1.29, 1.82) is 0 Å². The van der Waals surface area contributed by atoms with E-state index in [-0.39, 0.29) is 0 Å². The Morgan fingerprint density at radius 2 is 1.11 bits per heavy atom. The minimum Gasteiger partial charge on any atom is -0.493 e. The molecule has 0 radical (unpaired) electrons. The van der Waals surface area contributed by atoms with Crippen LogP contribution < -0.4 is 14.2 Å². The van der Waals surface area contributed by atoms with Gasteiger partial charge in [-0.3, -0.25) is 0 Å². The quantitative estimate of drug-likeness (QED) is 0.0773. The number of carbonyl (C=O) groups excluding carboxylic acids is 2. The topological polar surface area (TPSA) is 71.1 Å². The summed E-state index contributed by atoms with van der Waals surface area (Å²) >= 11 is 0. The molecule has 0 saturated heterocycles. The largest absolute Gasteiger partial charge is 0.493 e. The summed E-state index contributed by atoms with van der Waals surface area (Å²) in [6, 6.07) is 18.3. The van der Waals surface area contributed by atoms with Gasteiger partial charge in [-0.15, -0.1) is 0 Å². The molecule has 44 heavy (non-hydrogen) atoms. The smallest absolute Gasteiger partial charge is 0.343 e. The molecule has 0 spiro atoms. The van der Waals surface area contributed by atoms with E-state index in [0.29, 0.717) is 30.3 Å². The van der Waals surface area contributed by atoms with Crippen molar-refractivity contribution in [2.45, 2.75) is 105 Å². The van der Waals surface area contributed by atoms with Crippen LogP contribution in [0.5, 0.6) is 17.2 Å². The van der Waals surface area contributed by atoms with E-state index in [1.807, 2.05) is 50.2 Å². The normalized spacial score (nSPS) is 11.7. The molecule has 1 unspecified atom stereocenters. The van der Waals surface area contributed by atoms with Gasteiger partial charge in [-0.1, -0.05) is 89.5 Å². The second-order valence-corrected chi connectivity index (χ2v) is 11.5. The monoisotopic (exact) mass is 602 g/mol. The molecule has 238 valence electrons. The van der Waals surface area contributed by atoms with Gasteiger partial charge in [0.15, 0.2) is 6.10 Å². The van der Waals surface area contributed by atoms with E-state index in [0.717, 1.165) is 53.7 Å². The van der Waals surface area contributed by atoms with E-state index in [4.69, 9.17) is 18.9 Å². The first-order chi connectivity index (χ1) is 21.3. The summed E-state index contributed by atoms with van der Waals surface area (Å²) in [4.78, 5) is 25.3. The lowest BCUT2D eigenvalue weighted by molar-refractivity contribution is -0.146. The second kappa shape index (κ2) is 18.9. The zero-order valence-electron chi connectivity index (χ0n) is 27.3. The number of hydrogen-bond acceptors (Lipinski definition) is 6. The number of carbonyl (C=O) groups is 2. The van der Waals surface area contributed by atoms with Gasteiger partial charge in [0.05, 0.1) is 12.2 Å². The van der Waals surface area contributed by atoms with Crippen LogP contribution in [0.15, 0.2) is 60.7 Å². The molecule has 6 heteroatoms. The lowest BCUT2D eigenvalue weighted by atomic mass is 10.1. The zero-order chi connectivity index (χ0) is 31.7. The summed E-state index contributed by atoms with van der Waals surface area (Å²) < 4.78 is 22.8. The van der Waals surface area contributed by atoms with Crippen LogP contribution in [0.2, 0.25) is 0 Å². The summed E-state index contributed by atoms with van der Waals surface area (Å²) in [7, 11) is 0. The van der Waals surface area contributed by atoms with Gasteiger partial charge in [-0.2, -0.15) is 0 Å². The molecule has 0 heterocycles. The maximum absolute atomic E-state index is 12.9. The number of rotatable bonds is 19. The van der Waals surface area contributed by atoms with Crippen molar-refractivity contribution in [2.75, 3.05) is 13.2 Å². The highest BCUT2D eigenvalue weighted by Gasteiger charge is 2.16. The van der Waals surface area contributed by atoms with Crippen molar-refractivity contribution in [3.05, 3.63) is 77.4 Å². The van der Waals surface area contributed by atoms with Gasteiger partial charge < -0.3 is 18.9 Å². The fourth-order valence-electron chi connectivity index (χ4n) is 5.01. The van der Waals surface area contributed by atoms with Crippen LogP contribution in [-0.2, 0) is 9.53 Å². The second-order valence-electron chi connectivity index (χ2n) is 11.5. The summed E-state index contributed by atoms with van der Waals surface area (Å²) in [5, 5.41) is 0. The maximum atomic E-state index is 12.9. The third-order valence-electron chi connectivity index (χ3n) is 7.61. The predicted octanol–water partition coefficient (Wildman–Crippen LogP) is 9.82. The molecule has 0 bridgehead atoms. The summed E-state index contributed by atoms with van der Waals surface area (Å²) in [6.45, 7) is 11.3. The van der Waals surface area contributed by atoms with E-state index in [1.165, 1.54) is 38.5 Å². The molecule has 3 aromatic carbocycles. The summed E-state index contributed by atoms with van der Waals surface area (Å²) in [5.74, 6) is 0.972. The Bertz CT molecular complexity index is 1270. The SMILES string of the molecule is CCCCCCCCOc1c(C)cc(C(=O)Oc2ccc(-c3ccc(OC(=O)C(C)OCCCCCC)cc3)cc2)cc1C. The molecular weight excluding hydrogens is 552 g/mol. The molecule has 1 atom stereocenters. The van der Waals surface area contributed by atoms with Gasteiger partial charge in [0, 0.05) is 6.61 Å². The average Bonchev–Trinajstić information content (AvgIpc) is 3.02. The molecule has 0 fully saturated rings. The van der Waals surface area contributed by atoms with Gasteiger partial charge >= 0.3 is 11.9 Å². The van der Waals surface area contributed by atoms with Crippen LogP contribution in [0.1, 0.15) is 106 Å². The van der Waals surface area contributed by atoms with Crippen molar-refractivity contribution in [2.24, 2.45) is 0 Å². The number of ether oxygens (including phenoxy) is 4. The summed E-state index contributed by atoms with van der Waals surface area (Å²) in [6.07, 6.45) is 11.1. The van der Waals surface area contributed by atoms with Crippen LogP contribution in [0.3, 0.4) is 0 Å². The fraction of sp³-hybridized carbons (Fsp3) is 0.474. The first-order valence-corrected chi connectivity index (χ1v) is 16.3. The number of esters is 2. The predicted molar refractivity (Wildman–Crippen MR) is 177 cm³/mol. The number of hydrogen-bond donors (Lipinski definition) is 0. The summed E-state index contributed by atoms with van der Waals surface area (Å²) in [5.41, 5.74) is 4.25. The first-order valence-electron chi connectivity index (χ1n) is 16.3. The van der Waals surface area contributed by atoms with Gasteiger partial charge in [0.1, 0.15) is 17.2 Å². The Balaban J connectivity index is 1.49. The minimum absolute atomic E-state index is 0.403. The molecule has 0 aliphatic rings. The van der Waals surface area contributed by atoms with E-state index in [2.05, 4.69) is 13.8 Å². The van der Waals surface area contributed by atoms with Crippen molar-refractivity contribution in [1.82, 2.24) is 0 Å². The highest BCUT2D eigenvalue weighted by atomic mass is 16.6. The van der Waals surface area contributed by atoms with Crippen LogP contribution in [0.25, 0.3) is 11.1 Å². The Morgan fingerprint density at radius 3 is 1.68 bits per heavy atom. The third-order valence-corrected chi connectivity index (χ3v) is 7.61. The van der Waals surface area contributed by atoms with Crippen molar-refractivity contribution in [3.63, 3.8) is 0 Å². The van der Waals surface area contributed by atoms with E-state index in [1.54, 1.807) is 31.2 Å². The first kappa shape index (κ1) is 34.8. The van der Waals surface area contributed by atoms with Gasteiger partial charge in [0.2, 0.25) is 0 Å². The van der Waals surface area contributed by atoms with E-state index < -0.39 is 18.0 Å². The Kier molecular flexibility index (Phi) is 15.0. The van der Waals surface area contributed by atoms with Gasteiger partial charge in [-0.25, -0.2) is 9.59 Å². The fourth-order valence-corrected chi connectivity index (χ4v) is 5.01. The molecule has 0 saturated carbocycles. The average molecular weight is 603 g/mol. The lowest BCUT2D eigenvalue weighted by Crippen LogP contribution is -2.26. The Labute approximate surface area is 264 Å². The lowest BCUT2D eigenvalue weighted by Gasteiger charge is -2.14. The highest BCUT2D eigenvalue weighted by Crippen LogP contribution is 2.28. The molecule has 3 rings (SSSR count). The van der Waals surface area contributed by atoms with Crippen LogP contribution in [0, 0.1) is 13.8 Å². The van der Waals surface area contributed by atoms with Crippen molar-refractivity contribution < 1.29 is 28.5 Å². The molecule has 0 aromatic heterocycles. The van der Waals surface area contributed by atoms with Crippen molar-refractivity contribution in [3.8, 4) is 28.4 Å². The van der Waals surface area contributed by atoms with Crippen LogP contribution >= 0.6 is 0 Å². The molecule has 6 nitrogen and oxygen atoms in total. The third kappa shape index (κ3) is 11.5.